The first-order valence-corrected chi connectivity index (χ1v) is 4.89. The summed E-state index contributed by atoms with van der Waals surface area (Å²) in [6.07, 6.45) is 5.60. The average Bonchev–Trinajstić information content (AvgIpc) is 2.05. The molecular weight excluding hydrogens is 189 g/mol. The predicted molar refractivity (Wildman–Crippen MR) is 50.7 cm³/mol. The van der Waals surface area contributed by atoms with Crippen molar-refractivity contribution in [3.05, 3.63) is 0 Å². The summed E-state index contributed by atoms with van der Waals surface area (Å²) < 4.78 is 0. The van der Waals surface area contributed by atoms with Crippen molar-refractivity contribution in [2.24, 2.45) is 17.1 Å². The van der Waals surface area contributed by atoms with Gasteiger partial charge in [-0.05, 0) is 18.8 Å². The second kappa shape index (κ2) is 5.86. The summed E-state index contributed by atoms with van der Waals surface area (Å²) in [7, 11) is 0. The molecule has 0 aromatic heterocycles. The van der Waals surface area contributed by atoms with Gasteiger partial charge in [-0.25, -0.2) is 0 Å². The van der Waals surface area contributed by atoms with E-state index in [2.05, 4.69) is 13.8 Å². The van der Waals surface area contributed by atoms with E-state index in [0.29, 0.717) is 5.92 Å². The Labute approximate surface area is 125 Å². The molecule has 0 spiro atoms. The molecule has 0 aromatic rings. The van der Waals surface area contributed by atoms with E-state index in [1.165, 1.54) is 19.3 Å². The van der Waals surface area contributed by atoms with E-state index < -0.39 is 0 Å². The van der Waals surface area contributed by atoms with Crippen molar-refractivity contribution >= 4 is 5.91 Å². The molecule has 1 aliphatic rings. The molecule has 0 atom stereocenters. The first-order chi connectivity index (χ1) is 5.59. The van der Waals surface area contributed by atoms with Crippen LogP contribution in [0.1, 0.15) is 47.4 Å². The Morgan fingerprint density at radius 1 is 1.31 bits per heavy atom. The maximum Gasteiger partial charge on any atom is 1.00 e. The number of carbonyl (C=O) groups is 1. The number of hydrogen-bond donors (Lipinski definition) is 1. The van der Waals surface area contributed by atoms with E-state index in [-0.39, 0.29) is 64.1 Å². The molecule has 13 heavy (non-hydrogen) atoms. The molecule has 3 heteroatoms. The van der Waals surface area contributed by atoms with Crippen molar-refractivity contribution in [3.8, 4) is 0 Å². The molecule has 1 amide bonds. The molecule has 1 aliphatic carbocycles. The molecule has 2 N–H and O–H groups in total. The minimum Gasteiger partial charge on any atom is -1.00 e. The zero-order valence-corrected chi connectivity index (χ0v) is 12.2. The number of rotatable bonds is 2. The predicted octanol–water partition coefficient (Wildman–Crippen LogP) is -0.805. The van der Waals surface area contributed by atoms with Crippen LogP contribution >= 0.6 is 0 Å². The maximum atomic E-state index is 11.3. The van der Waals surface area contributed by atoms with Gasteiger partial charge >= 0.3 is 51.4 Å². The fourth-order valence-corrected chi connectivity index (χ4v) is 2.29. The Hall–Kier alpha value is 1.11. The van der Waals surface area contributed by atoms with Gasteiger partial charge in [-0.3, -0.25) is 4.79 Å². The van der Waals surface area contributed by atoms with Gasteiger partial charge < -0.3 is 7.16 Å². The summed E-state index contributed by atoms with van der Waals surface area (Å²) in [6, 6.07) is 0. The van der Waals surface area contributed by atoms with Crippen LogP contribution in [0.2, 0.25) is 0 Å². The molecule has 0 aromatic carbocycles. The molecular formula is C10H20KNO. The number of carbonyl (C=O) groups excluding carboxylic acids is 1. The Kier molecular flexibility index (Phi) is 6.36. The molecule has 72 valence electrons. The molecule has 0 bridgehead atoms. The van der Waals surface area contributed by atoms with Gasteiger partial charge in [-0.2, -0.15) is 0 Å². The zero-order valence-electron chi connectivity index (χ0n) is 10.1. The number of hydrogen-bond acceptors (Lipinski definition) is 1. The van der Waals surface area contributed by atoms with Crippen LogP contribution in [-0.2, 0) is 4.79 Å². The third-order valence-corrected chi connectivity index (χ3v) is 3.34. The van der Waals surface area contributed by atoms with Crippen LogP contribution in [0.4, 0.5) is 0 Å². The van der Waals surface area contributed by atoms with Crippen molar-refractivity contribution in [1.29, 1.82) is 0 Å². The van der Waals surface area contributed by atoms with Crippen LogP contribution in [0, 0.1) is 11.3 Å². The van der Waals surface area contributed by atoms with E-state index in [4.69, 9.17) is 5.73 Å². The fourth-order valence-electron chi connectivity index (χ4n) is 2.29. The molecule has 2 nitrogen and oxygen atoms in total. The molecule has 0 aliphatic heterocycles. The van der Waals surface area contributed by atoms with Gasteiger partial charge in [0.15, 0.2) is 0 Å². The van der Waals surface area contributed by atoms with Crippen molar-refractivity contribution < 1.29 is 57.6 Å². The van der Waals surface area contributed by atoms with Gasteiger partial charge in [-0.1, -0.05) is 33.1 Å². The Morgan fingerprint density at radius 3 is 2.00 bits per heavy atom. The van der Waals surface area contributed by atoms with Crippen LogP contribution < -0.4 is 57.1 Å². The average molecular weight is 209 g/mol. The zero-order chi connectivity index (χ0) is 9.19. The van der Waals surface area contributed by atoms with E-state index >= 15 is 0 Å². The summed E-state index contributed by atoms with van der Waals surface area (Å²) in [6.45, 7) is 4.21. The third kappa shape index (κ3) is 3.03. The van der Waals surface area contributed by atoms with E-state index in [1.807, 2.05) is 0 Å². The van der Waals surface area contributed by atoms with Crippen molar-refractivity contribution in [3.63, 3.8) is 0 Å². The Morgan fingerprint density at radius 2 is 1.77 bits per heavy atom. The number of nitrogens with two attached hydrogens (primary N) is 1. The molecule has 1 fully saturated rings. The number of primary amides is 1. The number of amides is 1. The van der Waals surface area contributed by atoms with Gasteiger partial charge in [0.2, 0.25) is 5.91 Å². The first-order valence-electron chi connectivity index (χ1n) is 4.89. The van der Waals surface area contributed by atoms with Crippen LogP contribution in [-0.4, -0.2) is 5.91 Å². The minimum atomic E-state index is -0.182. The van der Waals surface area contributed by atoms with Gasteiger partial charge in [0.05, 0.1) is 5.41 Å². The van der Waals surface area contributed by atoms with E-state index in [1.54, 1.807) is 0 Å². The quantitative estimate of drug-likeness (QED) is 0.594. The SMILES string of the molecule is CC(C)C1(C(N)=O)CCCCC1.[H-].[K+]. The topological polar surface area (TPSA) is 43.1 Å². The maximum absolute atomic E-state index is 11.3. The summed E-state index contributed by atoms with van der Waals surface area (Å²) in [5.41, 5.74) is 5.28. The van der Waals surface area contributed by atoms with Crippen LogP contribution in [0.5, 0.6) is 0 Å². The van der Waals surface area contributed by atoms with Gasteiger partial charge in [0.1, 0.15) is 0 Å². The molecule has 0 unspecified atom stereocenters. The molecule has 0 heterocycles. The van der Waals surface area contributed by atoms with Gasteiger partial charge in [-0.15, -0.1) is 0 Å². The molecule has 0 radical (unpaired) electrons. The Bertz CT molecular complexity index is 179. The third-order valence-electron chi connectivity index (χ3n) is 3.34. The largest absolute Gasteiger partial charge is 1.00 e. The van der Waals surface area contributed by atoms with Crippen LogP contribution in [0.3, 0.4) is 0 Å². The normalized spacial score (nSPS) is 20.8. The molecule has 0 saturated heterocycles. The second-order valence-corrected chi connectivity index (χ2v) is 4.24. The molecule has 1 rings (SSSR count). The monoisotopic (exact) mass is 209 g/mol. The summed E-state index contributed by atoms with van der Waals surface area (Å²) in [4.78, 5) is 11.3. The first kappa shape index (κ1) is 14.1. The molecule has 1 saturated carbocycles. The standard InChI is InChI=1S/C10H19NO.K.H/c1-8(2)10(9(11)12)6-4-3-5-7-10;;/h8H,3-7H2,1-2H3,(H2,11,12);;/q;+1;-1. The summed E-state index contributed by atoms with van der Waals surface area (Å²) in [5.74, 6) is 0.313. The minimum absolute atomic E-state index is 0. The van der Waals surface area contributed by atoms with Gasteiger partial charge in [0, 0.05) is 0 Å². The summed E-state index contributed by atoms with van der Waals surface area (Å²) >= 11 is 0. The fraction of sp³-hybridized carbons (Fsp3) is 0.900. The van der Waals surface area contributed by atoms with Crippen molar-refractivity contribution in [1.82, 2.24) is 0 Å². The van der Waals surface area contributed by atoms with Gasteiger partial charge in [0.25, 0.3) is 0 Å². The van der Waals surface area contributed by atoms with Crippen LogP contribution in [0.25, 0.3) is 0 Å². The smallest absolute Gasteiger partial charge is 1.00 e. The Balaban J connectivity index is 0. The van der Waals surface area contributed by atoms with E-state index in [9.17, 15) is 4.79 Å². The van der Waals surface area contributed by atoms with E-state index in [0.717, 1.165) is 12.8 Å². The van der Waals surface area contributed by atoms with Crippen LogP contribution in [0.15, 0.2) is 0 Å². The van der Waals surface area contributed by atoms with Crippen molar-refractivity contribution in [2.75, 3.05) is 0 Å². The van der Waals surface area contributed by atoms with Crippen molar-refractivity contribution in [2.45, 2.75) is 46.0 Å². The second-order valence-electron chi connectivity index (χ2n) is 4.24. The summed E-state index contributed by atoms with van der Waals surface area (Å²) in [5, 5.41) is 0.